The molecule has 246 valence electrons. The number of carbonyl (C=O) groups excluding carboxylic acids is 1. The molecular formula is C34H41N3O8S. The molecule has 0 radical (unpaired) electrons. The van der Waals surface area contributed by atoms with Crippen LogP contribution in [0, 0.1) is 18.8 Å². The molecule has 11 nitrogen and oxygen atoms in total. The highest BCUT2D eigenvalue weighted by Crippen LogP contribution is 2.42. The molecule has 1 saturated carbocycles. The molecular weight excluding hydrogens is 610 g/mol. The van der Waals surface area contributed by atoms with Crippen molar-refractivity contribution in [2.24, 2.45) is 11.8 Å². The Morgan fingerprint density at radius 3 is 2.43 bits per heavy atom. The van der Waals surface area contributed by atoms with Crippen LogP contribution in [0.5, 0.6) is 5.75 Å². The number of aryl methyl sites for hydroxylation is 1. The van der Waals surface area contributed by atoms with E-state index in [0.29, 0.717) is 44.1 Å². The number of esters is 1. The quantitative estimate of drug-likeness (QED) is 0.217. The smallest absolute Gasteiger partial charge is 0.333 e. The third-order valence-corrected chi connectivity index (χ3v) is 10.3. The van der Waals surface area contributed by atoms with Gasteiger partial charge in [-0.1, -0.05) is 18.2 Å². The molecule has 3 aromatic heterocycles. The van der Waals surface area contributed by atoms with E-state index in [0.717, 1.165) is 36.2 Å². The predicted octanol–water partition coefficient (Wildman–Crippen LogP) is 5.46. The number of hydrogen-bond acceptors (Lipinski definition) is 10. The monoisotopic (exact) mass is 651 g/mol. The second kappa shape index (κ2) is 12.1. The van der Waals surface area contributed by atoms with Gasteiger partial charge in [-0.15, -0.1) is 11.3 Å². The molecule has 0 spiro atoms. The van der Waals surface area contributed by atoms with Crippen LogP contribution in [0.1, 0.15) is 64.7 Å². The molecule has 46 heavy (non-hydrogen) atoms. The Bertz CT molecular complexity index is 1850. The van der Waals surface area contributed by atoms with Crippen molar-refractivity contribution in [3.8, 4) is 16.5 Å². The number of ether oxygens (including phenoxy) is 4. The van der Waals surface area contributed by atoms with Gasteiger partial charge in [-0.2, -0.15) is 0 Å². The third-order valence-electron chi connectivity index (χ3n) is 8.95. The maximum atomic E-state index is 14.6. The number of aromatic nitrogens is 3. The molecule has 2 fully saturated rings. The number of hydrogen-bond donors (Lipinski definition) is 0. The Morgan fingerprint density at radius 2 is 1.80 bits per heavy atom. The van der Waals surface area contributed by atoms with Crippen LogP contribution in [0.4, 0.5) is 0 Å². The Hall–Kier alpha value is -3.74. The van der Waals surface area contributed by atoms with Gasteiger partial charge in [-0.3, -0.25) is 9.36 Å². The van der Waals surface area contributed by atoms with Gasteiger partial charge in [-0.25, -0.2) is 19.1 Å². The molecule has 1 saturated heterocycles. The lowest BCUT2D eigenvalue weighted by molar-refractivity contribution is -0.164. The molecule has 4 aromatic rings. The molecule has 0 unspecified atom stereocenters. The van der Waals surface area contributed by atoms with Gasteiger partial charge in [0.15, 0.2) is 0 Å². The van der Waals surface area contributed by atoms with Crippen molar-refractivity contribution < 1.29 is 28.2 Å². The molecule has 6 rings (SSSR count). The summed E-state index contributed by atoms with van der Waals surface area (Å²) in [7, 11) is 1.60. The number of carbonyl (C=O) groups is 1. The number of fused-ring (bicyclic) bond motifs is 2. The zero-order chi connectivity index (χ0) is 33.0. The van der Waals surface area contributed by atoms with Crippen LogP contribution < -0.4 is 16.0 Å². The first kappa shape index (κ1) is 32.2. The molecule has 4 heterocycles. The van der Waals surface area contributed by atoms with Gasteiger partial charge in [0.1, 0.15) is 34.1 Å². The Labute approximate surface area is 271 Å². The van der Waals surface area contributed by atoms with Crippen LogP contribution in [0.2, 0.25) is 0 Å². The highest BCUT2D eigenvalue weighted by molar-refractivity contribution is 7.22. The van der Waals surface area contributed by atoms with E-state index >= 15 is 0 Å². The fraction of sp³-hybridized carbons (Fsp3) is 0.529. The second-order valence-corrected chi connectivity index (χ2v) is 14.7. The van der Waals surface area contributed by atoms with Gasteiger partial charge in [0.25, 0.3) is 5.56 Å². The van der Waals surface area contributed by atoms with E-state index in [1.54, 1.807) is 39.4 Å². The summed E-state index contributed by atoms with van der Waals surface area (Å²) in [5.74, 6) is 1.16. The van der Waals surface area contributed by atoms with E-state index in [-0.39, 0.29) is 12.6 Å². The van der Waals surface area contributed by atoms with Crippen molar-refractivity contribution in [1.29, 1.82) is 0 Å². The number of oxazole rings is 1. The SMILES string of the molecule is COc1ccccc1[C@H](Cn1c(=O)n(C(C)(C)C(=O)OC(C)(C)C)c(=O)c2c(C)c(-c3ncco3)sc21)O[C@H]1C[C@H]2COC[C@H]2C1. The first-order valence-electron chi connectivity index (χ1n) is 15.6. The van der Waals surface area contributed by atoms with Gasteiger partial charge in [0.05, 0.1) is 36.2 Å². The molecule has 0 bridgehead atoms. The lowest BCUT2D eigenvalue weighted by Gasteiger charge is -2.30. The largest absolute Gasteiger partial charge is 0.496 e. The van der Waals surface area contributed by atoms with Gasteiger partial charge in [0.2, 0.25) is 5.89 Å². The minimum absolute atomic E-state index is 0.0444. The first-order valence-corrected chi connectivity index (χ1v) is 16.4. The lowest BCUT2D eigenvalue weighted by atomic mass is 10.0. The van der Waals surface area contributed by atoms with E-state index in [2.05, 4.69) is 4.98 Å². The maximum Gasteiger partial charge on any atom is 0.333 e. The summed E-state index contributed by atoms with van der Waals surface area (Å²) in [5.41, 5.74) is -2.30. The first-order chi connectivity index (χ1) is 21.8. The summed E-state index contributed by atoms with van der Waals surface area (Å²) >= 11 is 1.25. The Kier molecular flexibility index (Phi) is 8.49. The maximum absolute atomic E-state index is 14.6. The summed E-state index contributed by atoms with van der Waals surface area (Å²) in [4.78, 5) is 47.9. The van der Waals surface area contributed by atoms with E-state index in [1.807, 2.05) is 24.3 Å². The molecule has 1 aromatic carbocycles. The molecule has 1 aliphatic heterocycles. The van der Waals surface area contributed by atoms with Crippen molar-refractivity contribution in [3.63, 3.8) is 0 Å². The van der Waals surface area contributed by atoms with Crippen LogP contribution in [0.3, 0.4) is 0 Å². The van der Waals surface area contributed by atoms with Crippen molar-refractivity contribution in [3.05, 3.63) is 68.7 Å². The zero-order valence-corrected chi connectivity index (χ0v) is 28.1. The molecule has 4 atom stereocenters. The van der Waals surface area contributed by atoms with Crippen molar-refractivity contribution in [2.45, 2.75) is 84.3 Å². The second-order valence-electron chi connectivity index (χ2n) is 13.7. The topological polar surface area (TPSA) is 124 Å². The van der Waals surface area contributed by atoms with Crippen molar-refractivity contribution >= 4 is 27.5 Å². The van der Waals surface area contributed by atoms with Gasteiger partial charge < -0.3 is 23.4 Å². The van der Waals surface area contributed by atoms with Gasteiger partial charge >= 0.3 is 11.7 Å². The van der Waals surface area contributed by atoms with Crippen LogP contribution in [-0.2, 0) is 31.1 Å². The van der Waals surface area contributed by atoms with Gasteiger partial charge in [-0.05, 0) is 77.8 Å². The normalized spacial score (nSPS) is 20.6. The number of nitrogens with zero attached hydrogens (tertiary/aromatic N) is 3. The lowest BCUT2D eigenvalue weighted by Crippen LogP contribution is -2.54. The van der Waals surface area contributed by atoms with Gasteiger partial charge in [0, 0.05) is 18.8 Å². The summed E-state index contributed by atoms with van der Waals surface area (Å²) in [5, 5.41) is 0.306. The molecule has 0 amide bonds. The van der Waals surface area contributed by atoms with Crippen LogP contribution in [-0.4, -0.2) is 52.1 Å². The number of benzene rings is 1. The molecule has 12 heteroatoms. The van der Waals surface area contributed by atoms with Crippen molar-refractivity contribution in [2.75, 3.05) is 20.3 Å². The van der Waals surface area contributed by atoms with Crippen LogP contribution in [0.25, 0.3) is 21.0 Å². The Morgan fingerprint density at radius 1 is 1.11 bits per heavy atom. The molecule has 1 aliphatic carbocycles. The number of rotatable bonds is 9. The van der Waals surface area contributed by atoms with Crippen LogP contribution in [0.15, 0.2) is 50.7 Å². The van der Waals surface area contributed by atoms with E-state index in [9.17, 15) is 14.4 Å². The fourth-order valence-electron chi connectivity index (χ4n) is 6.63. The standard InChI is InChI=1S/C34H41N3O8S/c1-19-26-29(38)37(34(5,6)31(39)45-33(2,3)4)32(40)36(30(26)46-27(19)28-35-12-13-43-28)16-25(23-10-8-9-11-24(23)41-7)44-22-14-20-17-42-18-21(20)15-22/h8-13,20-22,25H,14-18H2,1-7H3/t20-,21+,22-,25-/m0/s1. The minimum Gasteiger partial charge on any atom is -0.496 e. The highest BCUT2D eigenvalue weighted by atomic mass is 32.1. The Balaban J connectivity index is 1.54. The highest BCUT2D eigenvalue weighted by Gasteiger charge is 2.42. The summed E-state index contributed by atoms with van der Waals surface area (Å²) in [6, 6.07) is 7.59. The third kappa shape index (κ3) is 5.82. The van der Waals surface area contributed by atoms with Crippen molar-refractivity contribution in [1.82, 2.24) is 14.1 Å². The van der Waals surface area contributed by atoms with E-state index in [4.69, 9.17) is 23.4 Å². The number of para-hydroxylation sites is 1. The summed E-state index contributed by atoms with van der Waals surface area (Å²) in [6.45, 7) is 11.6. The fourth-order valence-corrected chi connectivity index (χ4v) is 7.87. The average molecular weight is 652 g/mol. The molecule has 0 N–H and O–H groups in total. The predicted molar refractivity (Wildman–Crippen MR) is 173 cm³/mol. The van der Waals surface area contributed by atoms with E-state index < -0.39 is 34.5 Å². The summed E-state index contributed by atoms with van der Waals surface area (Å²) < 4.78 is 32.2. The average Bonchev–Trinajstić information content (AvgIpc) is 3.78. The van der Waals surface area contributed by atoms with Crippen LogP contribution >= 0.6 is 11.3 Å². The number of methoxy groups -OCH3 is 1. The summed E-state index contributed by atoms with van der Waals surface area (Å²) in [6.07, 6.45) is 4.06. The van der Waals surface area contributed by atoms with E-state index in [1.165, 1.54) is 37.6 Å². The molecule has 2 aliphatic rings. The number of thiophene rings is 1. The zero-order valence-electron chi connectivity index (χ0n) is 27.3. The minimum atomic E-state index is -1.63.